The number of fused-ring (bicyclic) bond motifs is 1. The summed E-state index contributed by atoms with van der Waals surface area (Å²) in [5.41, 5.74) is 9.89. The molecule has 2 unspecified atom stereocenters. The van der Waals surface area contributed by atoms with E-state index in [-0.39, 0.29) is 27.3 Å². The van der Waals surface area contributed by atoms with Crippen molar-refractivity contribution in [2.45, 2.75) is 117 Å². The van der Waals surface area contributed by atoms with Crippen LogP contribution in [0.1, 0.15) is 121 Å². The van der Waals surface area contributed by atoms with Gasteiger partial charge >= 0.3 is 0 Å². The largest absolute Gasteiger partial charge is 0.446 e. The lowest BCUT2D eigenvalue weighted by molar-refractivity contribution is 0.332. The minimum absolute atomic E-state index is 0.00418. The van der Waals surface area contributed by atoms with E-state index in [2.05, 4.69) is 114 Å². The maximum absolute atomic E-state index is 6.91. The molecular weight excluding hydrogens is 435 g/mol. The zero-order chi connectivity index (χ0) is 26.0. The van der Waals surface area contributed by atoms with E-state index in [1.54, 1.807) is 0 Å². The van der Waals surface area contributed by atoms with Crippen LogP contribution in [0.3, 0.4) is 0 Å². The molecule has 0 saturated heterocycles. The van der Waals surface area contributed by atoms with Crippen LogP contribution < -0.4 is 4.52 Å². The van der Waals surface area contributed by atoms with Gasteiger partial charge in [-0.2, -0.15) is 0 Å². The van der Waals surface area contributed by atoms with Crippen molar-refractivity contribution in [3.63, 3.8) is 0 Å². The molecule has 0 N–H and O–H groups in total. The first-order chi connectivity index (χ1) is 15.3. The summed E-state index contributed by atoms with van der Waals surface area (Å²) in [5, 5.41) is 0. The highest BCUT2D eigenvalue weighted by Gasteiger charge is 2.52. The molecule has 188 valence electrons. The van der Waals surface area contributed by atoms with Crippen LogP contribution in [0, 0.1) is 13.8 Å². The molecule has 2 atom stereocenters. The van der Waals surface area contributed by atoms with Crippen LogP contribution >= 0.6 is 8.38 Å². The van der Waals surface area contributed by atoms with Gasteiger partial charge in [0.1, 0.15) is 5.75 Å². The summed E-state index contributed by atoms with van der Waals surface area (Å²) in [6, 6.07) is 9.45. The number of rotatable bonds is 4. The molecule has 0 heterocycles. The van der Waals surface area contributed by atoms with Crippen molar-refractivity contribution >= 4 is 8.38 Å². The van der Waals surface area contributed by atoms with Gasteiger partial charge in [0.2, 0.25) is 8.38 Å². The molecule has 1 aliphatic carbocycles. The second kappa shape index (κ2) is 8.63. The predicted octanol–water partition coefficient (Wildman–Crippen LogP) is 9.57. The number of benzene rings is 2. The summed E-state index contributed by atoms with van der Waals surface area (Å²) < 4.78 is 13.1. The Hall–Kier alpha value is -1.37. The van der Waals surface area contributed by atoms with Crippen LogP contribution in [0.25, 0.3) is 0 Å². The normalized spacial score (nSPS) is 18.8. The van der Waals surface area contributed by atoms with Gasteiger partial charge in [-0.15, -0.1) is 0 Å². The molecule has 0 saturated carbocycles. The molecular formula is C31H47O2P. The summed E-state index contributed by atoms with van der Waals surface area (Å²) in [4.78, 5) is 0. The van der Waals surface area contributed by atoms with Crippen LogP contribution in [-0.4, -0.2) is 7.11 Å². The van der Waals surface area contributed by atoms with Crippen LogP contribution in [0.4, 0.5) is 0 Å². The lowest BCUT2D eigenvalue weighted by atomic mass is 9.63. The number of hydrogen-bond donors (Lipinski definition) is 0. The maximum atomic E-state index is 6.91. The van der Waals surface area contributed by atoms with E-state index in [4.69, 9.17) is 9.05 Å². The van der Waals surface area contributed by atoms with E-state index in [0.717, 1.165) is 5.75 Å². The highest BCUT2D eigenvalue weighted by atomic mass is 31.2. The van der Waals surface area contributed by atoms with E-state index in [1.165, 1.54) is 38.9 Å². The van der Waals surface area contributed by atoms with Gasteiger partial charge in [-0.25, -0.2) is 0 Å². The van der Waals surface area contributed by atoms with Crippen LogP contribution in [0.2, 0.25) is 0 Å². The van der Waals surface area contributed by atoms with Gasteiger partial charge in [0.05, 0.1) is 5.66 Å². The Kier molecular flexibility index (Phi) is 6.91. The minimum atomic E-state index is -1.16. The smallest absolute Gasteiger partial charge is 0.238 e. The standard InChI is InChI=1S/C31H47O2P/c1-19-15-21(28(3,4)5)17-23-25(19)27(31(23,12)13)34(32-14)33-26-20(2)16-22(29(6,7)8)18-24(26)30(9,10)11/h15-18,27H,1-14H3. The van der Waals surface area contributed by atoms with Crippen molar-refractivity contribution < 1.29 is 9.05 Å². The third-order valence-corrected chi connectivity index (χ3v) is 9.47. The monoisotopic (exact) mass is 482 g/mol. The molecule has 2 aromatic rings. The Bertz CT molecular complexity index is 1070. The van der Waals surface area contributed by atoms with Crippen molar-refractivity contribution in [3.05, 3.63) is 63.2 Å². The van der Waals surface area contributed by atoms with E-state index in [1.807, 2.05) is 7.11 Å². The van der Waals surface area contributed by atoms with Crippen molar-refractivity contribution in [2.75, 3.05) is 7.11 Å². The molecule has 2 aromatic carbocycles. The molecule has 0 fully saturated rings. The Balaban J connectivity index is 2.09. The van der Waals surface area contributed by atoms with E-state index in [0.29, 0.717) is 0 Å². The quantitative estimate of drug-likeness (QED) is 0.404. The van der Waals surface area contributed by atoms with E-state index >= 15 is 0 Å². The lowest BCUT2D eigenvalue weighted by Gasteiger charge is -2.50. The fourth-order valence-electron chi connectivity index (χ4n) is 5.10. The third kappa shape index (κ3) is 4.83. The summed E-state index contributed by atoms with van der Waals surface area (Å²) >= 11 is 0. The molecule has 0 spiro atoms. The van der Waals surface area contributed by atoms with Crippen LogP contribution in [0.15, 0.2) is 24.3 Å². The predicted molar refractivity (Wildman–Crippen MR) is 149 cm³/mol. The van der Waals surface area contributed by atoms with Gasteiger partial charge in [0, 0.05) is 18.1 Å². The van der Waals surface area contributed by atoms with E-state index in [9.17, 15) is 0 Å². The third-order valence-electron chi connectivity index (χ3n) is 7.42. The Morgan fingerprint density at radius 1 is 0.735 bits per heavy atom. The lowest BCUT2D eigenvalue weighted by Crippen LogP contribution is -2.40. The second-order valence-corrected chi connectivity index (χ2v) is 15.5. The highest BCUT2D eigenvalue weighted by Crippen LogP contribution is 2.69. The van der Waals surface area contributed by atoms with Crippen molar-refractivity contribution in [2.24, 2.45) is 0 Å². The maximum Gasteiger partial charge on any atom is 0.238 e. The number of hydrogen-bond acceptors (Lipinski definition) is 2. The average molecular weight is 483 g/mol. The summed E-state index contributed by atoms with van der Waals surface area (Å²) in [5.74, 6) is 1.00. The van der Waals surface area contributed by atoms with Gasteiger partial charge in [-0.3, -0.25) is 0 Å². The highest BCUT2D eigenvalue weighted by molar-refractivity contribution is 7.48. The molecule has 1 aliphatic rings. The molecule has 34 heavy (non-hydrogen) atoms. The molecule has 0 bridgehead atoms. The molecule has 0 amide bonds. The SMILES string of the molecule is COP(Oc1c(C)cc(C(C)(C)C)cc1C(C)(C)C)C1c2c(C)cc(C(C)(C)C)cc2C1(C)C. The summed E-state index contributed by atoms with van der Waals surface area (Å²) in [6.45, 7) is 29.7. The second-order valence-electron chi connectivity index (χ2n) is 13.9. The van der Waals surface area contributed by atoms with Gasteiger partial charge in [-0.1, -0.05) is 100 Å². The Morgan fingerprint density at radius 3 is 1.71 bits per heavy atom. The molecule has 2 nitrogen and oxygen atoms in total. The molecule has 0 aliphatic heterocycles. The van der Waals surface area contributed by atoms with Gasteiger partial charge < -0.3 is 9.05 Å². The van der Waals surface area contributed by atoms with Gasteiger partial charge in [-0.05, 0) is 63.5 Å². The summed E-state index contributed by atoms with van der Waals surface area (Å²) in [7, 11) is 0.659. The van der Waals surface area contributed by atoms with Crippen molar-refractivity contribution in [1.29, 1.82) is 0 Å². The first kappa shape index (κ1) is 27.2. The topological polar surface area (TPSA) is 18.5 Å². The molecule has 3 heteroatoms. The molecule has 0 radical (unpaired) electrons. The fraction of sp³-hybridized carbons (Fsp3) is 0.613. The zero-order valence-corrected chi connectivity index (χ0v) is 25.0. The molecule has 3 rings (SSSR count). The fourth-order valence-corrected chi connectivity index (χ4v) is 7.13. The van der Waals surface area contributed by atoms with Gasteiger partial charge in [0.15, 0.2) is 0 Å². The van der Waals surface area contributed by atoms with Gasteiger partial charge in [0.25, 0.3) is 0 Å². The minimum Gasteiger partial charge on any atom is -0.446 e. The first-order valence-corrected chi connectivity index (χ1v) is 13.9. The first-order valence-electron chi connectivity index (χ1n) is 12.6. The van der Waals surface area contributed by atoms with Crippen molar-refractivity contribution in [1.82, 2.24) is 0 Å². The molecule has 0 aromatic heterocycles. The Labute approximate surface area is 210 Å². The average Bonchev–Trinajstić information content (AvgIpc) is 2.66. The zero-order valence-electron chi connectivity index (χ0n) is 24.2. The number of aryl methyl sites for hydroxylation is 2. The van der Waals surface area contributed by atoms with E-state index < -0.39 is 8.38 Å². The summed E-state index contributed by atoms with van der Waals surface area (Å²) in [6.07, 6.45) is 0. The van der Waals surface area contributed by atoms with Crippen molar-refractivity contribution in [3.8, 4) is 5.75 Å². The van der Waals surface area contributed by atoms with Crippen LogP contribution in [-0.2, 0) is 26.2 Å². The Morgan fingerprint density at radius 2 is 1.24 bits per heavy atom. The van der Waals surface area contributed by atoms with Crippen LogP contribution in [0.5, 0.6) is 5.75 Å².